The highest BCUT2D eigenvalue weighted by Crippen LogP contribution is 2.30. The number of benzene rings is 1. The summed E-state index contributed by atoms with van der Waals surface area (Å²) in [6.45, 7) is 4.04. The maximum Gasteiger partial charge on any atom is 0.332 e. The molecule has 0 radical (unpaired) electrons. The largest absolute Gasteiger partial charge is 0.367 e. The number of fused-ring (bicyclic) bond motifs is 1. The summed E-state index contributed by atoms with van der Waals surface area (Å²) in [5, 5.41) is 1.11. The van der Waals surface area contributed by atoms with Gasteiger partial charge in [0.25, 0.3) is 5.56 Å². The van der Waals surface area contributed by atoms with Gasteiger partial charge in [0.1, 0.15) is 0 Å². The average Bonchev–Trinajstić information content (AvgIpc) is 2.92. The maximum absolute atomic E-state index is 12.1. The molecular weight excluding hydrogens is 318 g/mol. The zero-order chi connectivity index (χ0) is 17.6. The first-order valence-corrected chi connectivity index (χ1v) is 8.38. The zero-order valence-corrected chi connectivity index (χ0v) is 14.4. The first-order chi connectivity index (χ1) is 12.0. The van der Waals surface area contributed by atoms with Gasteiger partial charge in [-0.15, -0.1) is 0 Å². The van der Waals surface area contributed by atoms with Crippen molar-refractivity contribution in [2.24, 2.45) is 7.05 Å². The summed E-state index contributed by atoms with van der Waals surface area (Å²) in [7, 11) is 4.18. The van der Waals surface area contributed by atoms with E-state index in [1.54, 1.807) is 0 Å². The molecule has 0 saturated carbocycles. The van der Waals surface area contributed by atoms with Crippen LogP contribution in [0.25, 0.3) is 16.6 Å². The molecule has 1 aliphatic heterocycles. The Kier molecular flexibility index (Phi) is 3.73. The van der Waals surface area contributed by atoms with E-state index < -0.39 is 5.69 Å². The number of hydrogen-bond acceptors (Lipinski definition) is 4. The Bertz CT molecular complexity index is 1040. The van der Waals surface area contributed by atoms with Crippen LogP contribution in [0, 0.1) is 0 Å². The van der Waals surface area contributed by atoms with Gasteiger partial charge in [-0.1, -0.05) is 0 Å². The third-order valence-corrected chi connectivity index (χ3v) is 4.90. The Morgan fingerprint density at radius 2 is 1.76 bits per heavy atom. The quantitative estimate of drug-likeness (QED) is 0.749. The topological polar surface area (TPSA) is 66.3 Å². The number of anilines is 1. The third kappa shape index (κ3) is 2.76. The predicted molar refractivity (Wildman–Crippen MR) is 98.8 cm³/mol. The third-order valence-electron chi connectivity index (χ3n) is 4.90. The Morgan fingerprint density at radius 1 is 1.00 bits per heavy atom. The van der Waals surface area contributed by atoms with Crippen LogP contribution in [-0.4, -0.2) is 52.2 Å². The van der Waals surface area contributed by atoms with Crippen LogP contribution in [0.5, 0.6) is 0 Å². The second kappa shape index (κ2) is 5.93. The molecule has 2 aromatic heterocycles. The van der Waals surface area contributed by atoms with Crippen molar-refractivity contribution >= 4 is 16.6 Å². The lowest BCUT2D eigenvalue weighted by atomic mass is 10.2. The molecule has 0 atom stereocenters. The van der Waals surface area contributed by atoms with Gasteiger partial charge in [-0.3, -0.25) is 14.3 Å². The summed E-state index contributed by atoms with van der Waals surface area (Å²) in [5.41, 5.74) is 2.24. The van der Waals surface area contributed by atoms with E-state index in [0.29, 0.717) is 0 Å². The molecule has 4 rings (SSSR count). The Hall–Kier alpha value is -2.80. The van der Waals surface area contributed by atoms with E-state index in [-0.39, 0.29) is 5.56 Å². The van der Waals surface area contributed by atoms with Crippen LogP contribution in [0.3, 0.4) is 0 Å². The molecule has 1 aromatic carbocycles. The van der Waals surface area contributed by atoms with Gasteiger partial charge in [0.2, 0.25) is 0 Å². The lowest BCUT2D eigenvalue weighted by molar-refractivity contribution is 0.313. The summed E-state index contributed by atoms with van der Waals surface area (Å²) < 4.78 is 3.57. The van der Waals surface area contributed by atoms with Crippen molar-refractivity contribution in [1.29, 1.82) is 0 Å². The summed E-state index contributed by atoms with van der Waals surface area (Å²) in [4.78, 5) is 30.4. The molecule has 1 N–H and O–H groups in total. The highest BCUT2D eigenvalue weighted by molar-refractivity contribution is 5.95. The molecule has 7 nitrogen and oxygen atoms in total. The van der Waals surface area contributed by atoms with E-state index in [1.807, 2.05) is 25.2 Å². The number of nitrogens with zero attached hydrogens (tertiary/aromatic N) is 4. The fraction of sp³-hybridized carbons (Fsp3) is 0.333. The minimum atomic E-state index is -0.427. The normalized spacial score (nSPS) is 15.8. The molecule has 0 unspecified atom stereocenters. The SMILES string of the molecule is CN1CCN(c2cn(C)c3ccc(-n4ccc(=O)[nH]c4=O)cc23)CC1. The highest BCUT2D eigenvalue weighted by atomic mass is 16.2. The van der Waals surface area contributed by atoms with Crippen LogP contribution < -0.4 is 16.1 Å². The molecule has 0 spiro atoms. The Labute approximate surface area is 144 Å². The van der Waals surface area contributed by atoms with Crippen molar-refractivity contribution in [1.82, 2.24) is 19.0 Å². The molecule has 0 bridgehead atoms. The number of hydrogen-bond donors (Lipinski definition) is 1. The summed E-state index contributed by atoms with van der Waals surface area (Å²) in [6.07, 6.45) is 3.66. The van der Waals surface area contributed by atoms with Crippen LogP contribution in [-0.2, 0) is 7.05 Å². The standard InChI is InChI=1S/C18H21N5O2/c1-20-7-9-22(10-8-20)16-12-21(2)15-4-3-13(11-14(15)16)23-6-5-17(24)19-18(23)25/h3-6,11-12H,7-10H2,1-2H3,(H,19,24,25). The fourth-order valence-corrected chi connectivity index (χ4v) is 3.43. The monoisotopic (exact) mass is 339 g/mol. The number of H-pyrrole nitrogens is 1. The van der Waals surface area contributed by atoms with Crippen molar-refractivity contribution < 1.29 is 0 Å². The number of aromatic nitrogens is 3. The summed E-state index contributed by atoms with van der Waals surface area (Å²) >= 11 is 0. The van der Waals surface area contributed by atoms with E-state index in [4.69, 9.17) is 0 Å². The Balaban J connectivity index is 1.83. The van der Waals surface area contributed by atoms with Gasteiger partial charge in [0, 0.05) is 57.1 Å². The van der Waals surface area contributed by atoms with Crippen LogP contribution in [0.15, 0.2) is 46.2 Å². The molecule has 1 saturated heterocycles. The first-order valence-electron chi connectivity index (χ1n) is 8.38. The van der Waals surface area contributed by atoms with E-state index in [2.05, 4.69) is 32.6 Å². The number of rotatable bonds is 2. The number of likely N-dealkylation sites (N-methyl/N-ethyl adjacent to an activating group) is 1. The smallest absolute Gasteiger partial charge is 0.332 e. The van der Waals surface area contributed by atoms with Gasteiger partial charge in [-0.05, 0) is 25.2 Å². The van der Waals surface area contributed by atoms with E-state index >= 15 is 0 Å². The first kappa shape index (κ1) is 15.7. The second-order valence-electron chi connectivity index (χ2n) is 6.60. The highest BCUT2D eigenvalue weighted by Gasteiger charge is 2.18. The summed E-state index contributed by atoms with van der Waals surface area (Å²) in [6, 6.07) is 7.29. The molecular formula is C18H21N5O2. The molecule has 3 heterocycles. The van der Waals surface area contributed by atoms with E-state index in [0.717, 1.165) is 42.8 Å². The maximum atomic E-state index is 12.1. The minimum Gasteiger partial charge on any atom is -0.367 e. The number of piperazine rings is 1. The average molecular weight is 339 g/mol. The predicted octanol–water partition coefficient (Wildman–Crippen LogP) is 0.769. The number of aryl methyl sites for hydroxylation is 1. The molecule has 0 aliphatic carbocycles. The molecule has 7 heteroatoms. The molecule has 0 amide bonds. The second-order valence-corrected chi connectivity index (χ2v) is 6.60. The van der Waals surface area contributed by atoms with Gasteiger partial charge >= 0.3 is 5.69 Å². The van der Waals surface area contributed by atoms with Crippen LogP contribution in [0.4, 0.5) is 5.69 Å². The van der Waals surface area contributed by atoms with Crippen molar-refractivity contribution in [3.05, 3.63) is 57.5 Å². The lowest BCUT2D eigenvalue weighted by Crippen LogP contribution is -2.44. The van der Waals surface area contributed by atoms with Crippen LogP contribution in [0.2, 0.25) is 0 Å². The molecule has 1 fully saturated rings. The lowest BCUT2D eigenvalue weighted by Gasteiger charge is -2.33. The number of aromatic amines is 1. The van der Waals surface area contributed by atoms with Crippen LogP contribution >= 0.6 is 0 Å². The molecule has 1 aliphatic rings. The van der Waals surface area contributed by atoms with Crippen molar-refractivity contribution in [3.8, 4) is 5.69 Å². The molecule has 25 heavy (non-hydrogen) atoms. The van der Waals surface area contributed by atoms with Gasteiger partial charge in [0.05, 0.1) is 16.9 Å². The molecule has 3 aromatic rings. The van der Waals surface area contributed by atoms with Gasteiger partial charge in [-0.2, -0.15) is 0 Å². The minimum absolute atomic E-state index is 0.389. The van der Waals surface area contributed by atoms with E-state index in [9.17, 15) is 9.59 Å². The number of nitrogens with one attached hydrogen (secondary N) is 1. The molecule has 130 valence electrons. The zero-order valence-electron chi connectivity index (χ0n) is 14.4. The Morgan fingerprint density at radius 3 is 2.48 bits per heavy atom. The van der Waals surface area contributed by atoms with Crippen LogP contribution in [0.1, 0.15) is 0 Å². The van der Waals surface area contributed by atoms with Crippen molar-refractivity contribution in [2.45, 2.75) is 0 Å². The van der Waals surface area contributed by atoms with Crippen molar-refractivity contribution in [3.63, 3.8) is 0 Å². The van der Waals surface area contributed by atoms with Crippen molar-refractivity contribution in [2.75, 3.05) is 38.1 Å². The summed E-state index contributed by atoms with van der Waals surface area (Å²) in [5.74, 6) is 0. The van der Waals surface area contributed by atoms with Gasteiger partial charge in [0.15, 0.2) is 0 Å². The van der Waals surface area contributed by atoms with Gasteiger partial charge < -0.3 is 14.4 Å². The van der Waals surface area contributed by atoms with Gasteiger partial charge in [-0.25, -0.2) is 4.79 Å². The fourth-order valence-electron chi connectivity index (χ4n) is 3.43. The van der Waals surface area contributed by atoms with E-state index in [1.165, 1.54) is 22.5 Å².